The van der Waals surface area contributed by atoms with E-state index in [0.717, 1.165) is 32.9 Å². The van der Waals surface area contributed by atoms with Gasteiger partial charge in [-0.15, -0.1) is 0 Å². The van der Waals surface area contributed by atoms with Gasteiger partial charge in [0.15, 0.2) is 11.5 Å². The molecule has 0 aliphatic rings. The van der Waals surface area contributed by atoms with Crippen LogP contribution in [0.15, 0.2) is 67.1 Å². The van der Waals surface area contributed by atoms with Gasteiger partial charge in [-0.05, 0) is 47.9 Å². The Morgan fingerprint density at radius 1 is 0.868 bits per heavy atom. The zero-order valence-corrected chi connectivity index (χ0v) is 21.1. The second-order valence-electron chi connectivity index (χ2n) is 8.82. The summed E-state index contributed by atoms with van der Waals surface area (Å²) in [7, 11) is 3.19. The molecule has 0 fully saturated rings. The van der Waals surface area contributed by atoms with Gasteiger partial charge in [0, 0.05) is 52.7 Å². The molecule has 7 N–H and O–H groups in total. The molecule has 0 saturated carbocycles. The Balaban J connectivity index is 1.38. The molecule has 38 heavy (non-hydrogen) atoms. The van der Waals surface area contributed by atoms with Crippen LogP contribution >= 0.6 is 0 Å². The first-order chi connectivity index (χ1) is 18.4. The maximum atomic E-state index is 6.35. The Kier molecular flexibility index (Phi) is 6.96. The van der Waals surface area contributed by atoms with Crippen LogP contribution in [0.1, 0.15) is 0 Å². The lowest BCUT2D eigenvalue weighted by Crippen LogP contribution is -2.35. The number of fused-ring (bicyclic) bond motifs is 3. The van der Waals surface area contributed by atoms with Gasteiger partial charge in [0.25, 0.3) is 0 Å². The fourth-order valence-electron chi connectivity index (χ4n) is 4.16. The van der Waals surface area contributed by atoms with E-state index in [1.165, 1.54) is 0 Å². The highest BCUT2D eigenvalue weighted by Crippen LogP contribution is 2.37. The van der Waals surface area contributed by atoms with Gasteiger partial charge in [0.05, 0.1) is 37.7 Å². The normalized spacial score (nSPS) is 11.9. The maximum absolute atomic E-state index is 6.35. The van der Waals surface area contributed by atoms with Crippen molar-refractivity contribution in [2.45, 2.75) is 6.04 Å². The van der Waals surface area contributed by atoms with Gasteiger partial charge in [-0.2, -0.15) is 0 Å². The molecule has 0 aliphatic heterocycles. The molecule has 10 nitrogen and oxygen atoms in total. The van der Waals surface area contributed by atoms with E-state index in [9.17, 15) is 0 Å². The molecule has 1 unspecified atom stereocenters. The van der Waals surface area contributed by atoms with Crippen LogP contribution in [0.25, 0.3) is 32.9 Å². The summed E-state index contributed by atoms with van der Waals surface area (Å²) in [6, 6.07) is 14.8. The van der Waals surface area contributed by atoms with Crippen molar-refractivity contribution in [1.82, 2.24) is 15.0 Å². The highest BCUT2D eigenvalue weighted by molar-refractivity contribution is 6.10. The lowest BCUT2D eigenvalue weighted by Gasteiger charge is -2.15. The molecule has 1 atom stereocenters. The van der Waals surface area contributed by atoms with E-state index in [2.05, 4.69) is 20.3 Å². The molecule has 3 aromatic heterocycles. The summed E-state index contributed by atoms with van der Waals surface area (Å²) < 4.78 is 16.9. The fraction of sp³-hybridized carbons (Fsp3) is 0.179. The van der Waals surface area contributed by atoms with Crippen LogP contribution < -0.4 is 36.7 Å². The van der Waals surface area contributed by atoms with Gasteiger partial charge in [-0.25, -0.2) is 4.98 Å². The Bertz CT molecular complexity index is 1590. The van der Waals surface area contributed by atoms with Crippen molar-refractivity contribution in [2.24, 2.45) is 5.73 Å². The summed E-state index contributed by atoms with van der Waals surface area (Å²) in [6.07, 6.45) is 5.08. The highest BCUT2D eigenvalue weighted by atomic mass is 16.5. The van der Waals surface area contributed by atoms with Crippen molar-refractivity contribution in [3.05, 3.63) is 67.1 Å². The minimum atomic E-state index is -0.239. The topological polar surface area (TPSA) is 156 Å². The number of methoxy groups -OCH3 is 2. The van der Waals surface area contributed by atoms with Crippen molar-refractivity contribution >= 4 is 38.9 Å². The highest BCUT2D eigenvalue weighted by Gasteiger charge is 2.14. The van der Waals surface area contributed by atoms with Crippen LogP contribution in [-0.4, -0.2) is 48.4 Å². The Morgan fingerprint density at radius 2 is 1.63 bits per heavy atom. The molecule has 5 aromatic rings. The molecule has 0 radical (unpaired) electrons. The summed E-state index contributed by atoms with van der Waals surface area (Å²) >= 11 is 0. The predicted octanol–water partition coefficient (Wildman–Crippen LogP) is 3.84. The predicted molar refractivity (Wildman–Crippen MR) is 151 cm³/mol. The largest absolute Gasteiger partial charge is 0.493 e. The third-order valence-corrected chi connectivity index (χ3v) is 6.16. The van der Waals surface area contributed by atoms with E-state index in [4.69, 9.17) is 31.4 Å². The number of aromatic nitrogens is 3. The number of anilines is 3. The summed E-state index contributed by atoms with van der Waals surface area (Å²) in [5.41, 5.74) is 22.1. The molecule has 0 bridgehead atoms. The number of hydrogen-bond acceptors (Lipinski definition) is 10. The minimum absolute atomic E-state index is 0.239. The zero-order valence-electron chi connectivity index (χ0n) is 21.1. The molecule has 0 saturated heterocycles. The summed E-state index contributed by atoms with van der Waals surface area (Å²) in [6.45, 7) is 0.841. The Morgan fingerprint density at radius 3 is 2.39 bits per heavy atom. The van der Waals surface area contributed by atoms with Crippen molar-refractivity contribution in [1.29, 1.82) is 0 Å². The molecule has 10 heteroatoms. The van der Waals surface area contributed by atoms with E-state index in [1.54, 1.807) is 32.8 Å². The first kappa shape index (κ1) is 24.8. The average molecular weight is 512 g/mol. The van der Waals surface area contributed by atoms with Gasteiger partial charge in [0.2, 0.25) is 0 Å². The number of rotatable bonds is 9. The van der Waals surface area contributed by atoms with E-state index < -0.39 is 0 Å². The minimum Gasteiger partial charge on any atom is -0.493 e. The lowest BCUT2D eigenvalue weighted by molar-refractivity contribution is 0.292. The molecule has 3 heterocycles. The van der Waals surface area contributed by atoms with Crippen LogP contribution in [0, 0.1) is 0 Å². The Labute approximate surface area is 219 Å². The van der Waals surface area contributed by atoms with E-state index in [1.807, 2.05) is 48.5 Å². The molecule has 0 aliphatic carbocycles. The van der Waals surface area contributed by atoms with Crippen molar-refractivity contribution in [3.63, 3.8) is 0 Å². The van der Waals surface area contributed by atoms with Crippen LogP contribution in [-0.2, 0) is 0 Å². The first-order valence-corrected chi connectivity index (χ1v) is 12.0. The van der Waals surface area contributed by atoms with Crippen LogP contribution in [0.3, 0.4) is 0 Å². The van der Waals surface area contributed by atoms with Gasteiger partial charge in [-0.3, -0.25) is 9.97 Å². The Hall–Kier alpha value is -4.83. The molecule has 194 valence electrons. The number of nitrogen functional groups attached to an aromatic ring is 2. The van der Waals surface area contributed by atoms with E-state index in [-0.39, 0.29) is 6.04 Å². The van der Waals surface area contributed by atoms with Gasteiger partial charge in [-0.1, -0.05) is 0 Å². The van der Waals surface area contributed by atoms with Crippen LogP contribution in [0.5, 0.6) is 17.2 Å². The molecule has 2 aromatic carbocycles. The van der Waals surface area contributed by atoms with Gasteiger partial charge >= 0.3 is 0 Å². The second kappa shape index (κ2) is 10.7. The van der Waals surface area contributed by atoms with Crippen LogP contribution in [0.4, 0.5) is 17.2 Å². The molecule has 5 rings (SSSR count). The molecule has 0 amide bonds. The monoisotopic (exact) mass is 511 g/mol. The number of benzene rings is 2. The third kappa shape index (κ3) is 5.16. The summed E-state index contributed by atoms with van der Waals surface area (Å²) in [5, 5.41) is 5.78. The third-order valence-electron chi connectivity index (χ3n) is 6.16. The van der Waals surface area contributed by atoms with Crippen molar-refractivity contribution < 1.29 is 14.2 Å². The van der Waals surface area contributed by atoms with Crippen LogP contribution in [0.2, 0.25) is 0 Å². The van der Waals surface area contributed by atoms with Gasteiger partial charge in [0.1, 0.15) is 18.2 Å². The molecular formula is C28H29N7O3. The number of nitrogens with two attached hydrogens (primary N) is 3. The number of hydrogen-bond donors (Lipinski definition) is 4. The summed E-state index contributed by atoms with van der Waals surface area (Å²) in [4.78, 5) is 13.5. The average Bonchev–Trinajstić information content (AvgIpc) is 2.95. The molecular weight excluding hydrogens is 482 g/mol. The smallest absolute Gasteiger partial charge is 0.162 e. The molecule has 0 spiro atoms. The first-order valence-electron chi connectivity index (χ1n) is 12.0. The quantitative estimate of drug-likeness (QED) is 0.169. The van der Waals surface area contributed by atoms with Crippen molar-refractivity contribution in [2.75, 3.05) is 44.2 Å². The van der Waals surface area contributed by atoms with Crippen molar-refractivity contribution in [3.8, 4) is 28.5 Å². The number of nitrogens with one attached hydrogen (secondary N) is 1. The fourth-order valence-corrected chi connectivity index (χ4v) is 4.16. The van der Waals surface area contributed by atoms with Gasteiger partial charge < -0.3 is 36.7 Å². The zero-order chi connectivity index (χ0) is 26.6. The lowest BCUT2D eigenvalue weighted by atomic mass is 10.0. The summed E-state index contributed by atoms with van der Waals surface area (Å²) in [5.74, 6) is 2.15. The number of nitrogens with zero attached hydrogens (tertiary/aromatic N) is 3. The van der Waals surface area contributed by atoms with E-state index in [0.29, 0.717) is 47.6 Å². The number of ether oxygens (including phenoxy) is 3. The SMILES string of the molecule is COc1cc2ncc3c(N)nc(-c4cncc(OCC(N)CNc5ccc(N)cc5)c4)cc3c2cc1OC. The maximum Gasteiger partial charge on any atom is 0.162 e. The standard InChI is InChI=1S/C28H29N7O3/c1-36-26-9-22-21-8-24(35-28(31)23(21)14-34-25(22)10-27(26)37-2)16-7-20(13-32-11-16)38-15-18(30)12-33-19-5-3-17(29)4-6-19/h3-11,13-14,18,33H,12,15,29-30H2,1-2H3,(H2,31,35). The number of pyridine rings is 3. The second-order valence-corrected chi connectivity index (χ2v) is 8.82. The van der Waals surface area contributed by atoms with E-state index >= 15 is 0 Å².